The van der Waals surface area contributed by atoms with Gasteiger partial charge in [0.2, 0.25) is 0 Å². The van der Waals surface area contributed by atoms with E-state index < -0.39 is 0 Å². The molecule has 0 amide bonds. The summed E-state index contributed by atoms with van der Waals surface area (Å²) in [5, 5.41) is 0. The average molecular weight is 385 g/mol. The number of rotatable bonds is 6. The van der Waals surface area contributed by atoms with E-state index in [-0.39, 0.29) is 6.10 Å². The Bertz CT molecular complexity index is 794. The first-order chi connectivity index (χ1) is 12.1. The lowest BCUT2D eigenvalue weighted by atomic mass is 10.3. The molecule has 0 aliphatic heterocycles. The highest BCUT2D eigenvalue weighted by molar-refractivity contribution is 7.99. The van der Waals surface area contributed by atoms with Crippen molar-refractivity contribution < 1.29 is 4.74 Å². The molecule has 0 aliphatic carbocycles. The molecule has 0 saturated carbocycles. The third-order valence-electron chi connectivity index (χ3n) is 3.33. The van der Waals surface area contributed by atoms with Crippen LogP contribution in [0.15, 0.2) is 97.3 Å². The van der Waals surface area contributed by atoms with Crippen LogP contribution < -0.4 is 4.74 Å². The summed E-state index contributed by atoms with van der Waals surface area (Å²) in [7, 11) is 0. The molecule has 3 aromatic rings. The molecule has 3 rings (SSSR count). The van der Waals surface area contributed by atoms with E-state index >= 15 is 0 Å². The number of thiol groups is 1. The Hall–Kier alpha value is -1.49. The molecule has 0 fully saturated rings. The summed E-state index contributed by atoms with van der Waals surface area (Å²) in [6.07, 6.45) is 0.201. The zero-order valence-electron chi connectivity index (χ0n) is 14.2. The molecule has 1 nitrogen and oxygen atoms in total. The Morgan fingerprint density at radius 1 is 0.640 bits per heavy atom. The fraction of sp³-hybridized carbons (Fsp3) is 0.143. The maximum Gasteiger partial charge on any atom is 0.119 e. The summed E-state index contributed by atoms with van der Waals surface area (Å²) in [5.41, 5.74) is 0. The Kier molecular flexibility index (Phi) is 6.40. The summed E-state index contributed by atoms with van der Waals surface area (Å²) in [4.78, 5) is 5.88. The second-order valence-corrected chi connectivity index (χ2v) is 8.62. The minimum atomic E-state index is 0.201. The highest BCUT2D eigenvalue weighted by Gasteiger charge is 2.02. The molecule has 0 N–H and O–H groups in total. The molecule has 0 aromatic heterocycles. The van der Waals surface area contributed by atoms with E-state index in [1.807, 2.05) is 38.1 Å². The summed E-state index contributed by atoms with van der Waals surface area (Å²) in [6.45, 7) is 4.07. The van der Waals surface area contributed by atoms with Gasteiger partial charge in [-0.2, -0.15) is 0 Å². The van der Waals surface area contributed by atoms with Gasteiger partial charge < -0.3 is 4.74 Å². The van der Waals surface area contributed by atoms with Crippen LogP contribution in [0, 0.1) is 0 Å². The molecule has 25 heavy (non-hydrogen) atoms. The first-order valence-corrected chi connectivity index (χ1v) is 10.2. The van der Waals surface area contributed by atoms with Gasteiger partial charge in [0, 0.05) is 24.5 Å². The molecule has 3 aromatic carbocycles. The lowest BCUT2D eigenvalue weighted by Crippen LogP contribution is -2.04. The Balaban J connectivity index is 1.61. The maximum atomic E-state index is 5.68. The van der Waals surface area contributed by atoms with Gasteiger partial charge in [0.25, 0.3) is 0 Å². The van der Waals surface area contributed by atoms with Gasteiger partial charge in [0.05, 0.1) is 6.10 Å². The van der Waals surface area contributed by atoms with Crippen molar-refractivity contribution in [3.8, 4) is 5.75 Å². The molecule has 0 aliphatic rings. The zero-order chi connectivity index (χ0) is 17.6. The van der Waals surface area contributed by atoms with Crippen LogP contribution in [-0.2, 0) is 0 Å². The Morgan fingerprint density at radius 3 is 1.40 bits per heavy atom. The fourth-order valence-electron chi connectivity index (χ4n) is 2.22. The monoisotopic (exact) mass is 384 g/mol. The van der Waals surface area contributed by atoms with E-state index in [0.29, 0.717) is 0 Å². The van der Waals surface area contributed by atoms with Crippen molar-refractivity contribution in [3.05, 3.63) is 72.8 Å². The van der Waals surface area contributed by atoms with Crippen molar-refractivity contribution in [1.29, 1.82) is 0 Å². The summed E-state index contributed by atoms with van der Waals surface area (Å²) in [5.74, 6) is 0.915. The summed E-state index contributed by atoms with van der Waals surface area (Å²) in [6, 6.07) is 25.1. The van der Waals surface area contributed by atoms with Crippen LogP contribution in [0.2, 0.25) is 0 Å². The van der Waals surface area contributed by atoms with Crippen molar-refractivity contribution in [2.75, 3.05) is 0 Å². The highest BCUT2D eigenvalue weighted by Crippen LogP contribution is 2.33. The Labute approximate surface area is 163 Å². The van der Waals surface area contributed by atoms with Crippen molar-refractivity contribution in [3.63, 3.8) is 0 Å². The minimum Gasteiger partial charge on any atom is -0.491 e. The third kappa shape index (κ3) is 5.77. The van der Waals surface area contributed by atoms with Gasteiger partial charge in [-0.3, -0.25) is 0 Å². The predicted molar refractivity (Wildman–Crippen MR) is 111 cm³/mol. The fourth-order valence-corrected chi connectivity index (χ4v) is 4.00. The van der Waals surface area contributed by atoms with Crippen LogP contribution in [0.25, 0.3) is 0 Å². The summed E-state index contributed by atoms with van der Waals surface area (Å²) < 4.78 is 5.68. The van der Waals surface area contributed by atoms with E-state index in [1.54, 1.807) is 23.5 Å². The van der Waals surface area contributed by atoms with E-state index in [2.05, 4.69) is 61.2 Å². The van der Waals surface area contributed by atoms with Crippen molar-refractivity contribution in [2.24, 2.45) is 0 Å². The largest absolute Gasteiger partial charge is 0.491 e. The first-order valence-electron chi connectivity index (χ1n) is 8.10. The molecular weight excluding hydrogens is 364 g/mol. The van der Waals surface area contributed by atoms with E-state index in [1.165, 1.54) is 19.6 Å². The standard InChI is InChI=1S/C21H20OS3/c1-15(2)22-16-3-7-18(8-4-16)24-20-11-13-21(14-12-20)25-19-9-5-17(23)6-10-19/h3-15,23H,1-2H3. The summed E-state index contributed by atoms with van der Waals surface area (Å²) >= 11 is 7.84. The lowest BCUT2D eigenvalue weighted by Gasteiger charge is -2.10. The molecule has 0 heterocycles. The molecule has 0 radical (unpaired) electrons. The van der Waals surface area contributed by atoms with Gasteiger partial charge in [-0.1, -0.05) is 23.5 Å². The van der Waals surface area contributed by atoms with E-state index in [0.717, 1.165) is 10.6 Å². The molecular formula is C21H20OS3. The van der Waals surface area contributed by atoms with Gasteiger partial charge in [-0.25, -0.2) is 0 Å². The topological polar surface area (TPSA) is 9.23 Å². The highest BCUT2D eigenvalue weighted by atomic mass is 32.2. The number of ether oxygens (including phenoxy) is 1. The van der Waals surface area contributed by atoms with Gasteiger partial charge in [-0.15, -0.1) is 12.6 Å². The lowest BCUT2D eigenvalue weighted by molar-refractivity contribution is 0.242. The van der Waals surface area contributed by atoms with Gasteiger partial charge in [-0.05, 0) is 86.6 Å². The maximum absolute atomic E-state index is 5.68. The van der Waals surface area contributed by atoms with Crippen LogP contribution in [0.3, 0.4) is 0 Å². The zero-order valence-corrected chi connectivity index (χ0v) is 16.7. The predicted octanol–water partition coefficient (Wildman–Crippen LogP) is 7.06. The van der Waals surface area contributed by atoms with Crippen LogP contribution in [0.1, 0.15) is 13.8 Å². The number of hydrogen-bond acceptors (Lipinski definition) is 4. The normalized spacial score (nSPS) is 10.9. The van der Waals surface area contributed by atoms with E-state index in [9.17, 15) is 0 Å². The minimum absolute atomic E-state index is 0.201. The molecule has 0 atom stereocenters. The average Bonchev–Trinajstić information content (AvgIpc) is 2.60. The van der Waals surface area contributed by atoms with E-state index in [4.69, 9.17) is 4.74 Å². The molecule has 4 heteroatoms. The van der Waals surface area contributed by atoms with Gasteiger partial charge >= 0.3 is 0 Å². The van der Waals surface area contributed by atoms with Crippen LogP contribution in [0.4, 0.5) is 0 Å². The Morgan fingerprint density at radius 2 is 1.00 bits per heavy atom. The van der Waals surface area contributed by atoms with Crippen molar-refractivity contribution >= 4 is 36.2 Å². The van der Waals surface area contributed by atoms with Crippen molar-refractivity contribution in [1.82, 2.24) is 0 Å². The second-order valence-electron chi connectivity index (χ2n) is 5.81. The second kappa shape index (κ2) is 8.75. The van der Waals surface area contributed by atoms with Gasteiger partial charge in [0.1, 0.15) is 5.75 Å². The molecule has 0 saturated heterocycles. The van der Waals surface area contributed by atoms with Crippen LogP contribution in [-0.4, -0.2) is 6.10 Å². The smallest absolute Gasteiger partial charge is 0.119 e. The first kappa shape index (κ1) is 18.3. The molecule has 0 spiro atoms. The van der Waals surface area contributed by atoms with Crippen LogP contribution in [0.5, 0.6) is 5.75 Å². The van der Waals surface area contributed by atoms with Gasteiger partial charge in [0.15, 0.2) is 0 Å². The molecule has 128 valence electrons. The molecule has 0 unspecified atom stereocenters. The molecule has 0 bridgehead atoms. The quantitative estimate of drug-likeness (QED) is 0.456. The SMILES string of the molecule is CC(C)Oc1ccc(Sc2ccc(Sc3ccc(S)cc3)cc2)cc1. The number of benzene rings is 3. The number of hydrogen-bond donors (Lipinski definition) is 1. The van der Waals surface area contributed by atoms with Crippen molar-refractivity contribution in [2.45, 2.75) is 44.4 Å². The third-order valence-corrected chi connectivity index (χ3v) is 5.66. The van der Waals surface area contributed by atoms with Crippen LogP contribution >= 0.6 is 36.2 Å².